The van der Waals surface area contributed by atoms with Crippen molar-refractivity contribution in [3.8, 4) is 23.8 Å². The van der Waals surface area contributed by atoms with Crippen LogP contribution in [0.2, 0.25) is 0 Å². The Labute approximate surface area is 200 Å². The van der Waals surface area contributed by atoms with Gasteiger partial charge in [-0.2, -0.15) is 0 Å². The zero-order valence-corrected chi connectivity index (χ0v) is 20.1. The summed E-state index contributed by atoms with van der Waals surface area (Å²) >= 11 is 1.66. The summed E-state index contributed by atoms with van der Waals surface area (Å²) in [7, 11) is 0. The van der Waals surface area contributed by atoms with Gasteiger partial charge in [0, 0.05) is 17.1 Å². The highest BCUT2D eigenvalue weighted by molar-refractivity contribution is 7.16. The topological polar surface area (TPSA) is 59.9 Å². The van der Waals surface area contributed by atoms with Crippen LogP contribution >= 0.6 is 11.3 Å². The molecule has 2 aliphatic rings. The van der Waals surface area contributed by atoms with Crippen LogP contribution in [0.3, 0.4) is 0 Å². The molecule has 1 N–H and O–H groups in total. The SMILES string of the molecule is C#CCOc1ccc(C=Nc2sc3c(c2C(=O)NC2CCCCC2)CCCC3)cc1OCC. The first kappa shape index (κ1) is 23.4. The zero-order chi connectivity index (χ0) is 23.0. The van der Waals surface area contributed by atoms with E-state index in [0.29, 0.717) is 18.1 Å². The molecule has 0 atom stereocenters. The number of amides is 1. The molecule has 0 spiro atoms. The molecule has 0 radical (unpaired) electrons. The van der Waals surface area contributed by atoms with Crippen LogP contribution in [0.1, 0.15) is 78.2 Å². The molecule has 0 aliphatic heterocycles. The second-order valence-corrected chi connectivity index (χ2v) is 9.67. The van der Waals surface area contributed by atoms with Crippen LogP contribution in [0, 0.1) is 12.3 Å². The van der Waals surface area contributed by atoms with Gasteiger partial charge in [0.05, 0.1) is 12.2 Å². The van der Waals surface area contributed by atoms with Crippen LogP contribution in [-0.4, -0.2) is 31.4 Å². The minimum absolute atomic E-state index is 0.0430. The number of rotatable bonds is 8. The van der Waals surface area contributed by atoms with E-state index in [1.807, 2.05) is 31.3 Å². The molecule has 2 aromatic rings. The van der Waals surface area contributed by atoms with E-state index < -0.39 is 0 Å². The average molecular weight is 465 g/mol. The van der Waals surface area contributed by atoms with Gasteiger partial charge in [-0.15, -0.1) is 17.8 Å². The third kappa shape index (κ3) is 5.78. The molecule has 2 aliphatic carbocycles. The molecule has 0 bridgehead atoms. The Hall–Kier alpha value is -2.78. The summed E-state index contributed by atoms with van der Waals surface area (Å²) < 4.78 is 11.3. The Bertz CT molecular complexity index is 1040. The molecule has 33 heavy (non-hydrogen) atoms. The van der Waals surface area contributed by atoms with Crippen molar-refractivity contribution in [1.82, 2.24) is 5.32 Å². The molecule has 0 unspecified atom stereocenters. The lowest BCUT2D eigenvalue weighted by Crippen LogP contribution is -2.36. The minimum atomic E-state index is 0.0430. The first-order valence-electron chi connectivity index (χ1n) is 12.0. The number of benzene rings is 1. The molecule has 1 fully saturated rings. The largest absolute Gasteiger partial charge is 0.490 e. The molecular weight excluding hydrogens is 432 g/mol. The van der Waals surface area contributed by atoms with Crippen LogP contribution in [0.25, 0.3) is 0 Å². The number of terminal acetylenes is 1. The third-order valence-corrected chi connectivity index (χ3v) is 7.43. The molecule has 6 heteroatoms. The average Bonchev–Trinajstić information content (AvgIpc) is 3.21. The summed E-state index contributed by atoms with van der Waals surface area (Å²) in [6.07, 6.45) is 17.2. The summed E-state index contributed by atoms with van der Waals surface area (Å²) in [5, 5.41) is 4.11. The van der Waals surface area contributed by atoms with E-state index in [-0.39, 0.29) is 18.6 Å². The number of fused-ring (bicyclic) bond motifs is 1. The highest BCUT2D eigenvalue weighted by Crippen LogP contribution is 2.40. The number of ether oxygens (including phenoxy) is 2. The van der Waals surface area contributed by atoms with Crippen LogP contribution < -0.4 is 14.8 Å². The number of carbonyl (C=O) groups is 1. The molecular formula is C27H32N2O3S. The second kappa shape index (κ2) is 11.4. The zero-order valence-electron chi connectivity index (χ0n) is 19.3. The first-order valence-corrected chi connectivity index (χ1v) is 12.8. The van der Waals surface area contributed by atoms with E-state index in [2.05, 4.69) is 11.2 Å². The van der Waals surface area contributed by atoms with Gasteiger partial charge < -0.3 is 14.8 Å². The predicted octanol–water partition coefficient (Wildman–Crippen LogP) is 5.85. The van der Waals surface area contributed by atoms with Crippen molar-refractivity contribution in [2.24, 2.45) is 4.99 Å². The fourth-order valence-electron chi connectivity index (χ4n) is 4.63. The molecule has 1 saturated carbocycles. The first-order chi connectivity index (χ1) is 16.2. The summed E-state index contributed by atoms with van der Waals surface area (Å²) in [6, 6.07) is 5.95. The van der Waals surface area contributed by atoms with Crippen LogP contribution in [-0.2, 0) is 12.8 Å². The van der Waals surface area contributed by atoms with E-state index in [0.717, 1.165) is 48.2 Å². The third-order valence-electron chi connectivity index (χ3n) is 6.23. The minimum Gasteiger partial charge on any atom is -0.490 e. The highest BCUT2D eigenvalue weighted by Gasteiger charge is 2.27. The number of carbonyl (C=O) groups excluding carboxylic acids is 1. The van der Waals surface area contributed by atoms with Crippen molar-refractivity contribution >= 4 is 28.5 Å². The van der Waals surface area contributed by atoms with Gasteiger partial charge in [0.1, 0.15) is 11.6 Å². The predicted molar refractivity (Wildman–Crippen MR) is 134 cm³/mol. The standard InChI is InChI=1S/C27H32N2O3S/c1-3-16-32-22-15-14-19(17-23(22)31-4-2)18-28-27-25(21-12-8-9-13-24(21)33-27)26(30)29-20-10-6-5-7-11-20/h1,14-15,17-18,20H,4-13,16H2,2H3,(H,29,30). The Morgan fingerprint density at radius 2 is 2.00 bits per heavy atom. The number of aliphatic imine (C=N–C) groups is 1. The molecule has 5 nitrogen and oxygen atoms in total. The van der Waals surface area contributed by atoms with Gasteiger partial charge in [0.2, 0.25) is 0 Å². The Morgan fingerprint density at radius 3 is 2.79 bits per heavy atom. The van der Waals surface area contributed by atoms with E-state index in [1.54, 1.807) is 11.3 Å². The van der Waals surface area contributed by atoms with Crippen molar-refractivity contribution in [3.05, 3.63) is 39.8 Å². The lowest BCUT2D eigenvalue weighted by molar-refractivity contribution is 0.0927. The smallest absolute Gasteiger partial charge is 0.254 e. The van der Waals surface area contributed by atoms with Crippen molar-refractivity contribution in [2.75, 3.05) is 13.2 Å². The van der Waals surface area contributed by atoms with Gasteiger partial charge in [0.25, 0.3) is 5.91 Å². The number of nitrogens with one attached hydrogen (secondary N) is 1. The summed E-state index contributed by atoms with van der Waals surface area (Å²) in [6.45, 7) is 2.64. The lowest BCUT2D eigenvalue weighted by Gasteiger charge is -2.23. The van der Waals surface area contributed by atoms with Crippen LogP contribution in [0.5, 0.6) is 11.5 Å². The number of hydrogen-bond acceptors (Lipinski definition) is 5. The second-order valence-electron chi connectivity index (χ2n) is 8.59. The van der Waals surface area contributed by atoms with Gasteiger partial charge in [-0.3, -0.25) is 4.79 Å². The molecule has 1 amide bonds. The fourth-order valence-corrected chi connectivity index (χ4v) is 5.86. The van der Waals surface area contributed by atoms with Gasteiger partial charge >= 0.3 is 0 Å². The van der Waals surface area contributed by atoms with Gasteiger partial charge in [-0.1, -0.05) is 25.2 Å². The molecule has 1 heterocycles. The van der Waals surface area contributed by atoms with Crippen molar-refractivity contribution in [1.29, 1.82) is 0 Å². The quantitative estimate of drug-likeness (QED) is 0.394. The maximum atomic E-state index is 13.3. The van der Waals surface area contributed by atoms with E-state index >= 15 is 0 Å². The van der Waals surface area contributed by atoms with E-state index in [9.17, 15) is 4.79 Å². The molecule has 1 aromatic carbocycles. The molecule has 0 saturated heterocycles. The van der Waals surface area contributed by atoms with Crippen molar-refractivity contribution in [3.63, 3.8) is 0 Å². The summed E-state index contributed by atoms with van der Waals surface area (Å²) in [5.41, 5.74) is 2.88. The molecule has 1 aromatic heterocycles. The van der Waals surface area contributed by atoms with Crippen LogP contribution in [0.15, 0.2) is 23.2 Å². The number of aryl methyl sites for hydroxylation is 1. The Morgan fingerprint density at radius 1 is 1.18 bits per heavy atom. The van der Waals surface area contributed by atoms with Gasteiger partial charge in [0.15, 0.2) is 11.5 Å². The number of nitrogens with zero attached hydrogens (tertiary/aromatic N) is 1. The maximum Gasteiger partial charge on any atom is 0.254 e. The van der Waals surface area contributed by atoms with Gasteiger partial charge in [-0.05, 0) is 74.8 Å². The normalized spacial score (nSPS) is 16.2. The lowest BCUT2D eigenvalue weighted by atomic mass is 9.93. The monoisotopic (exact) mass is 464 g/mol. The highest BCUT2D eigenvalue weighted by atomic mass is 32.1. The van der Waals surface area contributed by atoms with Crippen LogP contribution in [0.4, 0.5) is 5.00 Å². The maximum absolute atomic E-state index is 13.3. The fraction of sp³-hybridized carbons (Fsp3) is 0.481. The summed E-state index contributed by atoms with van der Waals surface area (Å²) in [5.74, 6) is 3.77. The van der Waals surface area contributed by atoms with E-state index in [4.69, 9.17) is 20.9 Å². The van der Waals surface area contributed by atoms with E-state index in [1.165, 1.54) is 36.1 Å². The number of thiophene rings is 1. The van der Waals surface area contributed by atoms with Crippen molar-refractivity contribution in [2.45, 2.75) is 70.8 Å². The molecule has 4 rings (SSSR count). The summed E-state index contributed by atoms with van der Waals surface area (Å²) in [4.78, 5) is 19.4. The Kier molecular flexibility index (Phi) is 8.06. The molecule has 174 valence electrons. The van der Waals surface area contributed by atoms with Gasteiger partial charge in [-0.25, -0.2) is 4.99 Å². The van der Waals surface area contributed by atoms with Crippen molar-refractivity contribution < 1.29 is 14.3 Å². The Balaban J connectivity index is 1.59. The number of hydrogen-bond donors (Lipinski definition) is 1.